The monoisotopic (exact) mass is 274 g/mol. The molecule has 0 radical (unpaired) electrons. The van der Waals surface area contributed by atoms with Gasteiger partial charge in [0.1, 0.15) is 18.0 Å². The molecule has 2 aromatic rings. The minimum atomic E-state index is -0.173. The van der Waals surface area contributed by atoms with Crippen LogP contribution in [0, 0.1) is 0 Å². The fourth-order valence-electron chi connectivity index (χ4n) is 1.81. The number of pyridine rings is 1. The predicted molar refractivity (Wildman–Crippen MR) is 75.1 cm³/mol. The fraction of sp³-hybridized carbons (Fsp3) is 0.385. The van der Waals surface area contributed by atoms with Gasteiger partial charge in [-0.15, -0.1) is 10.2 Å². The lowest BCUT2D eigenvalue weighted by atomic mass is 10.2. The second kappa shape index (κ2) is 6.14. The number of rotatable bonds is 5. The highest BCUT2D eigenvalue weighted by molar-refractivity contribution is 5.93. The molecule has 0 unspecified atom stereocenters. The molecule has 0 saturated carbocycles. The molecule has 0 aliphatic rings. The molecule has 2 aromatic heterocycles. The first-order valence-corrected chi connectivity index (χ1v) is 6.46. The number of aromatic nitrogens is 4. The Kier molecular flexibility index (Phi) is 4.29. The van der Waals surface area contributed by atoms with Gasteiger partial charge in [0.15, 0.2) is 0 Å². The molecule has 7 heteroatoms. The zero-order chi connectivity index (χ0) is 14.5. The smallest absolute Gasteiger partial charge is 0.252 e. The molecule has 0 atom stereocenters. The summed E-state index contributed by atoms with van der Waals surface area (Å²) in [5.74, 6) is 1.08. The van der Waals surface area contributed by atoms with Crippen molar-refractivity contribution in [1.29, 1.82) is 0 Å². The van der Waals surface area contributed by atoms with Crippen molar-refractivity contribution < 1.29 is 4.79 Å². The highest BCUT2D eigenvalue weighted by atomic mass is 16.1. The van der Waals surface area contributed by atoms with Gasteiger partial charge in [-0.25, -0.2) is 4.98 Å². The molecule has 3 N–H and O–H groups in total. The molecule has 20 heavy (non-hydrogen) atoms. The first-order chi connectivity index (χ1) is 9.58. The molecule has 0 aliphatic heterocycles. The Morgan fingerprint density at radius 1 is 1.45 bits per heavy atom. The summed E-state index contributed by atoms with van der Waals surface area (Å²) in [6.45, 7) is 4.62. The molecule has 106 valence electrons. The van der Waals surface area contributed by atoms with Crippen LogP contribution >= 0.6 is 0 Å². The van der Waals surface area contributed by atoms with Crippen LogP contribution in [0.4, 0.5) is 5.82 Å². The number of amides is 1. The van der Waals surface area contributed by atoms with Gasteiger partial charge in [-0.1, -0.05) is 0 Å². The second-order valence-electron chi connectivity index (χ2n) is 4.73. The van der Waals surface area contributed by atoms with Crippen molar-refractivity contribution in [3.63, 3.8) is 0 Å². The summed E-state index contributed by atoms with van der Waals surface area (Å²) in [4.78, 5) is 15.8. The SMILES string of the molecule is CC(C)n1cnnc1CCNC(=O)c1ccc(N)nc1. The van der Waals surface area contributed by atoms with Gasteiger partial charge in [0.05, 0.1) is 5.56 Å². The molecule has 2 heterocycles. The highest BCUT2D eigenvalue weighted by Crippen LogP contribution is 2.06. The number of nitrogens with two attached hydrogens (primary N) is 1. The lowest BCUT2D eigenvalue weighted by molar-refractivity contribution is 0.0953. The van der Waals surface area contributed by atoms with Crippen molar-refractivity contribution in [1.82, 2.24) is 25.1 Å². The first-order valence-electron chi connectivity index (χ1n) is 6.46. The van der Waals surface area contributed by atoms with Crippen LogP contribution < -0.4 is 11.1 Å². The van der Waals surface area contributed by atoms with Gasteiger partial charge in [0.25, 0.3) is 5.91 Å². The van der Waals surface area contributed by atoms with Crippen LogP contribution in [-0.2, 0) is 6.42 Å². The van der Waals surface area contributed by atoms with Gasteiger partial charge in [0, 0.05) is 25.2 Å². The molecule has 0 saturated heterocycles. The molecule has 0 aromatic carbocycles. The van der Waals surface area contributed by atoms with Crippen molar-refractivity contribution in [3.05, 3.63) is 36.0 Å². The molecule has 0 bridgehead atoms. The van der Waals surface area contributed by atoms with E-state index in [0.717, 1.165) is 5.82 Å². The quantitative estimate of drug-likeness (QED) is 0.840. The third kappa shape index (κ3) is 3.31. The Morgan fingerprint density at radius 2 is 2.25 bits per heavy atom. The van der Waals surface area contributed by atoms with E-state index in [-0.39, 0.29) is 5.91 Å². The highest BCUT2D eigenvalue weighted by Gasteiger charge is 2.09. The van der Waals surface area contributed by atoms with Crippen LogP contribution in [0.15, 0.2) is 24.7 Å². The second-order valence-corrected chi connectivity index (χ2v) is 4.73. The Labute approximate surface area is 117 Å². The maximum atomic E-state index is 11.9. The van der Waals surface area contributed by atoms with Crippen LogP contribution in [0.3, 0.4) is 0 Å². The normalized spacial score (nSPS) is 10.8. The molecule has 1 amide bonds. The Bertz CT molecular complexity index is 575. The van der Waals surface area contributed by atoms with Gasteiger partial charge in [0.2, 0.25) is 0 Å². The zero-order valence-corrected chi connectivity index (χ0v) is 11.6. The largest absolute Gasteiger partial charge is 0.384 e. The van der Waals surface area contributed by atoms with Crippen LogP contribution in [0.5, 0.6) is 0 Å². The molecular formula is C13H18N6O. The van der Waals surface area contributed by atoms with E-state index >= 15 is 0 Å². The molecule has 0 aliphatic carbocycles. The fourth-order valence-corrected chi connectivity index (χ4v) is 1.81. The Hall–Kier alpha value is -2.44. The summed E-state index contributed by atoms with van der Waals surface area (Å²) in [6, 6.07) is 3.55. The lowest BCUT2D eigenvalue weighted by Crippen LogP contribution is -2.26. The van der Waals surface area contributed by atoms with Gasteiger partial charge in [-0.2, -0.15) is 0 Å². The average Bonchev–Trinajstić information content (AvgIpc) is 2.88. The number of nitrogen functional groups attached to an aromatic ring is 1. The maximum absolute atomic E-state index is 11.9. The molecule has 0 spiro atoms. The maximum Gasteiger partial charge on any atom is 0.252 e. The summed E-state index contributed by atoms with van der Waals surface area (Å²) in [5.41, 5.74) is 5.97. The van der Waals surface area contributed by atoms with Gasteiger partial charge in [-0.05, 0) is 26.0 Å². The first kappa shape index (κ1) is 14.0. The third-order valence-electron chi connectivity index (χ3n) is 2.89. The molecule has 7 nitrogen and oxygen atoms in total. The third-order valence-corrected chi connectivity index (χ3v) is 2.89. The van der Waals surface area contributed by atoms with E-state index in [1.165, 1.54) is 6.20 Å². The zero-order valence-electron chi connectivity index (χ0n) is 11.6. The summed E-state index contributed by atoms with van der Waals surface area (Å²) >= 11 is 0. The number of carbonyl (C=O) groups is 1. The topological polar surface area (TPSA) is 98.7 Å². The van der Waals surface area contributed by atoms with Crippen molar-refractivity contribution in [2.75, 3.05) is 12.3 Å². The molecule has 0 fully saturated rings. The number of carbonyl (C=O) groups excluding carboxylic acids is 1. The van der Waals surface area contributed by atoms with Crippen LogP contribution in [0.2, 0.25) is 0 Å². The number of nitrogens with zero attached hydrogens (tertiary/aromatic N) is 4. The van der Waals surface area contributed by atoms with Crippen LogP contribution in [0.1, 0.15) is 36.1 Å². The van der Waals surface area contributed by atoms with Crippen molar-refractivity contribution in [2.24, 2.45) is 0 Å². The standard InChI is InChI=1S/C13H18N6O/c1-9(2)19-8-17-18-12(19)5-6-15-13(20)10-3-4-11(14)16-7-10/h3-4,7-9H,5-6H2,1-2H3,(H2,14,16)(H,15,20). The van der Waals surface area contributed by atoms with Crippen molar-refractivity contribution in [2.45, 2.75) is 26.3 Å². The van der Waals surface area contributed by atoms with Crippen molar-refractivity contribution >= 4 is 11.7 Å². The molecular weight excluding hydrogens is 256 g/mol. The van der Waals surface area contributed by atoms with E-state index in [9.17, 15) is 4.79 Å². The summed E-state index contributed by atoms with van der Waals surface area (Å²) < 4.78 is 1.98. The number of nitrogens with one attached hydrogen (secondary N) is 1. The predicted octanol–water partition coefficient (Wildman–Crippen LogP) is 0.809. The summed E-state index contributed by atoms with van der Waals surface area (Å²) in [5, 5.41) is 10.8. The van der Waals surface area contributed by atoms with Crippen LogP contribution in [-0.4, -0.2) is 32.2 Å². The minimum absolute atomic E-state index is 0.173. The van der Waals surface area contributed by atoms with E-state index in [1.54, 1.807) is 18.5 Å². The van der Waals surface area contributed by atoms with Gasteiger partial charge >= 0.3 is 0 Å². The minimum Gasteiger partial charge on any atom is -0.384 e. The van der Waals surface area contributed by atoms with Crippen molar-refractivity contribution in [3.8, 4) is 0 Å². The summed E-state index contributed by atoms with van der Waals surface area (Å²) in [6.07, 6.45) is 3.79. The van der Waals surface area contributed by atoms with Crippen LogP contribution in [0.25, 0.3) is 0 Å². The number of hydrogen-bond acceptors (Lipinski definition) is 5. The van der Waals surface area contributed by atoms with Gasteiger partial charge in [-0.3, -0.25) is 4.79 Å². The van der Waals surface area contributed by atoms with E-state index in [1.807, 2.05) is 4.57 Å². The van der Waals surface area contributed by atoms with E-state index in [4.69, 9.17) is 5.73 Å². The van der Waals surface area contributed by atoms with E-state index < -0.39 is 0 Å². The number of anilines is 1. The van der Waals surface area contributed by atoms with E-state index in [0.29, 0.717) is 30.4 Å². The summed E-state index contributed by atoms with van der Waals surface area (Å²) in [7, 11) is 0. The lowest BCUT2D eigenvalue weighted by Gasteiger charge is -2.10. The van der Waals surface area contributed by atoms with Gasteiger partial charge < -0.3 is 15.6 Å². The molecule has 2 rings (SSSR count). The number of hydrogen-bond donors (Lipinski definition) is 2. The Morgan fingerprint density at radius 3 is 2.90 bits per heavy atom. The average molecular weight is 274 g/mol. The Balaban J connectivity index is 1.88. The van der Waals surface area contributed by atoms with E-state index in [2.05, 4.69) is 34.3 Å².